The maximum Gasteiger partial charge on any atom is 0.195 e. The minimum atomic E-state index is 0.577. The molecule has 0 unspecified atom stereocenters. The summed E-state index contributed by atoms with van der Waals surface area (Å²) in [6.45, 7) is 2.11. The first-order valence-electron chi connectivity index (χ1n) is 4.99. The number of hydrogen-bond acceptors (Lipinski definition) is 3. The zero-order chi connectivity index (χ0) is 10.4. The summed E-state index contributed by atoms with van der Waals surface area (Å²) in [5.41, 5.74) is 1.27. The van der Waals surface area contributed by atoms with Gasteiger partial charge in [-0.05, 0) is 49.0 Å². The molecule has 0 saturated heterocycles. The molecule has 0 bridgehead atoms. The smallest absolute Gasteiger partial charge is 0.195 e. The Morgan fingerprint density at radius 2 is 2.40 bits per heavy atom. The van der Waals surface area contributed by atoms with Crippen molar-refractivity contribution in [3.05, 3.63) is 21.8 Å². The van der Waals surface area contributed by atoms with Crippen molar-refractivity contribution in [3.63, 3.8) is 0 Å². The standard InChI is InChI=1S/C10H11N3S2/c1-6-4-5-15-8(6)9-11-12-10(14)13(9)7-2-3-7/h4-5,7H,2-3H2,1H3,(H,12,14). The van der Waals surface area contributed by atoms with Gasteiger partial charge in [-0.2, -0.15) is 5.10 Å². The van der Waals surface area contributed by atoms with Gasteiger partial charge in [-0.15, -0.1) is 11.3 Å². The predicted molar refractivity (Wildman–Crippen MR) is 63.7 cm³/mol. The topological polar surface area (TPSA) is 33.6 Å². The molecule has 3 rings (SSSR count). The highest BCUT2D eigenvalue weighted by Gasteiger charge is 2.28. The van der Waals surface area contributed by atoms with E-state index < -0.39 is 0 Å². The number of aromatic amines is 1. The first kappa shape index (κ1) is 9.30. The SMILES string of the molecule is Cc1ccsc1-c1n[nH]c(=S)n1C1CC1. The number of hydrogen-bond donors (Lipinski definition) is 1. The average Bonchev–Trinajstić information content (AvgIpc) is 2.85. The highest BCUT2D eigenvalue weighted by molar-refractivity contribution is 7.71. The molecule has 2 heterocycles. The van der Waals surface area contributed by atoms with Crippen LogP contribution in [-0.2, 0) is 0 Å². The first-order chi connectivity index (χ1) is 7.27. The van der Waals surface area contributed by atoms with Crippen molar-refractivity contribution in [1.82, 2.24) is 14.8 Å². The van der Waals surface area contributed by atoms with Crippen LogP contribution in [0.4, 0.5) is 0 Å². The molecule has 1 aliphatic rings. The van der Waals surface area contributed by atoms with Crippen LogP contribution >= 0.6 is 23.6 Å². The Morgan fingerprint density at radius 1 is 1.60 bits per heavy atom. The van der Waals surface area contributed by atoms with Gasteiger partial charge in [0.15, 0.2) is 10.6 Å². The van der Waals surface area contributed by atoms with Gasteiger partial charge in [-0.25, -0.2) is 0 Å². The second kappa shape index (κ2) is 3.28. The third kappa shape index (κ3) is 1.46. The van der Waals surface area contributed by atoms with Gasteiger partial charge >= 0.3 is 0 Å². The normalized spacial score (nSPS) is 15.8. The van der Waals surface area contributed by atoms with E-state index in [1.165, 1.54) is 23.3 Å². The monoisotopic (exact) mass is 237 g/mol. The molecule has 0 radical (unpaired) electrons. The maximum absolute atomic E-state index is 5.26. The molecule has 0 spiro atoms. The summed E-state index contributed by atoms with van der Waals surface area (Å²) in [6, 6.07) is 2.70. The van der Waals surface area contributed by atoms with E-state index in [9.17, 15) is 0 Å². The molecular weight excluding hydrogens is 226 g/mol. The summed E-state index contributed by atoms with van der Waals surface area (Å²) in [7, 11) is 0. The lowest BCUT2D eigenvalue weighted by Gasteiger charge is -2.03. The van der Waals surface area contributed by atoms with E-state index in [1.54, 1.807) is 11.3 Å². The molecule has 3 nitrogen and oxygen atoms in total. The largest absolute Gasteiger partial charge is 0.296 e. The fourth-order valence-electron chi connectivity index (χ4n) is 1.74. The van der Waals surface area contributed by atoms with Crippen LogP contribution in [0.2, 0.25) is 0 Å². The molecule has 1 N–H and O–H groups in total. The van der Waals surface area contributed by atoms with Gasteiger partial charge in [0.1, 0.15) is 0 Å². The Kier molecular flexibility index (Phi) is 2.03. The van der Waals surface area contributed by atoms with Crippen molar-refractivity contribution in [2.45, 2.75) is 25.8 Å². The van der Waals surface area contributed by atoms with Crippen LogP contribution in [0.25, 0.3) is 10.7 Å². The molecule has 1 aliphatic carbocycles. The molecule has 0 aliphatic heterocycles. The van der Waals surface area contributed by atoms with Gasteiger partial charge in [0, 0.05) is 6.04 Å². The van der Waals surface area contributed by atoms with Crippen molar-refractivity contribution >= 4 is 23.6 Å². The number of rotatable bonds is 2. The van der Waals surface area contributed by atoms with Crippen LogP contribution in [0.15, 0.2) is 11.4 Å². The molecule has 0 atom stereocenters. The fraction of sp³-hybridized carbons (Fsp3) is 0.400. The minimum absolute atomic E-state index is 0.577. The molecular formula is C10H11N3S2. The van der Waals surface area contributed by atoms with Crippen LogP contribution in [0.5, 0.6) is 0 Å². The lowest BCUT2D eigenvalue weighted by Crippen LogP contribution is -1.96. The number of H-pyrrole nitrogens is 1. The number of aromatic nitrogens is 3. The Labute approximate surface area is 96.8 Å². The molecule has 5 heteroatoms. The molecule has 1 saturated carbocycles. The maximum atomic E-state index is 5.26. The summed E-state index contributed by atoms with van der Waals surface area (Å²) >= 11 is 6.98. The van der Waals surface area contributed by atoms with Gasteiger partial charge in [-0.3, -0.25) is 9.67 Å². The fourth-order valence-corrected chi connectivity index (χ4v) is 2.93. The highest BCUT2D eigenvalue weighted by Crippen LogP contribution is 2.39. The quantitative estimate of drug-likeness (QED) is 0.813. The van der Waals surface area contributed by atoms with Crippen LogP contribution in [0.3, 0.4) is 0 Å². The third-order valence-corrected chi connectivity index (χ3v) is 3.98. The number of thiophene rings is 1. The molecule has 15 heavy (non-hydrogen) atoms. The van der Waals surface area contributed by atoms with Crippen LogP contribution in [-0.4, -0.2) is 14.8 Å². The number of aryl methyl sites for hydroxylation is 1. The van der Waals surface area contributed by atoms with Gasteiger partial charge in [0.25, 0.3) is 0 Å². The number of nitrogens with one attached hydrogen (secondary N) is 1. The predicted octanol–water partition coefficient (Wildman–Crippen LogP) is 3.31. The average molecular weight is 237 g/mol. The van der Waals surface area contributed by atoms with E-state index in [0.29, 0.717) is 6.04 Å². The van der Waals surface area contributed by atoms with E-state index in [1.807, 2.05) is 0 Å². The Hall–Kier alpha value is -0.940. The van der Waals surface area contributed by atoms with Crippen LogP contribution in [0, 0.1) is 11.7 Å². The van der Waals surface area contributed by atoms with E-state index in [2.05, 4.69) is 33.1 Å². The zero-order valence-electron chi connectivity index (χ0n) is 8.36. The Bertz CT molecular complexity index is 545. The zero-order valence-corrected chi connectivity index (χ0v) is 9.99. The Morgan fingerprint density at radius 3 is 3.00 bits per heavy atom. The van der Waals surface area contributed by atoms with E-state index in [0.717, 1.165) is 10.6 Å². The molecule has 2 aromatic rings. The summed E-state index contributed by atoms with van der Waals surface area (Å²) in [6.07, 6.45) is 2.45. The summed E-state index contributed by atoms with van der Waals surface area (Å²) in [5.74, 6) is 1.01. The van der Waals surface area contributed by atoms with E-state index >= 15 is 0 Å². The minimum Gasteiger partial charge on any atom is -0.296 e. The highest BCUT2D eigenvalue weighted by atomic mass is 32.1. The van der Waals surface area contributed by atoms with Crippen LogP contribution in [0.1, 0.15) is 24.4 Å². The molecule has 1 fully saturated rings. The second-order valence-electron chi connectivity index (χ2n) is 3.89. The summed E-state index contributed by atoms with van der Waals surface area (Å²) in [5, 5.41) is 9.33. The van der Waals surface area contributed by atoms with Gasteiger partial charge in [0.05, 0.1) is 4.88 Å². The summed E-state index contributed by atoms with van der Waals surface area (Å²) in [4.78, 5) is 1.23. The number of nitrogens with zero attached hydrogens (tertiary/aromatic N) is 2. The van der Waals surface area contributed by atoms with Gasteiger partial charge < -0.3 is 0 Å². The van der Waals surface area contributed by atoms with Crippen molar-refractivity contribution in [3.8, 4) is 10.7 Å². The molecule has 0 amide bonds. The van der Waals surface area contributed by atoms with Crippen molar-refractivity contribution in [2.24, 2.45) is 0 Å². The van der Waals surface area contributed by atoms with Gasteiger partial charge in [-0.1, -0.05) is 0 Å². The second-order valence-corrected chi connectivity index (χ2v) is 5.19. The van der Waals surface area contributed by atoms with Crippen molar-refractivity contribution in [2.75, 3.05) is 0 Å². The summed E-state index contributed by atoms with van der Waals surface area (Å²) < 4.78 is 2.91. The first-order valence-corrected chi connectivity index (χ1v) is 6.27. The van der Waals surface area contributed by atoms with Crippen molar-refractivity contribution < 1.29 is 0 Å². The molecule has 2 aromatic heterocycles. The van der Waals surface area contributed by atoms with E-state index in [4.69, 9.17) is 12.2 Å². The van der Waals surface area contributed by atoms with Crippen molar-refractivity contribution in [1.29, 1.82) is 0 Å². The van der Waals surface area contributed by atoms with E-state index in [-0.39, 0.29) is 0 Å². The molecule has 78 valence electrons. The lowest BCUT2D eigenvalue weighted by atomic mass is 10.3. The van der Waals surface area contributed by atoms with Crippen LogP contribution < -0.4 is 0 Å². The molecule has 0 aromatic carbocycles. The lowest BCUT2D eigenvalue weighted by molar-refractivity contribution is 0.736. The Balaban J connectivity index is 2.20. The van der Waals surface area contributed by atoms with Gasteiger partial charge in [0.2, 0.25) is 0 Å². The third-order valence-electron chi connectivity index (χ3n) is 2.68.